The minimum absolute atomic E-state index is 0. The number of carbonyl (C=O) groups is 1. The SMILES string of the molecule is CC(C)(C)O.O=C([O-])[O-].[K+].[Mn]. The first-order valence-corrected chi connectivity index (χ1v) is 2.34. The summed E-state index contributed by atoms with van der Waals surface area (Å²) in [4.78, 5) is 8.33. The molecule has 11 heavy (non-hydrogen) atoms. The standard InChI is InChI=1S/C4H10O.CH2O3.K.Mn/c1-4(2,3)5;2-1(3)4;;/h5H,1-3H3;(H2,2,3,4);;/q;;+1;/p-2. The van der Waals surface area contributed by atoms with E-state index in [1.54, 1.807) is 20.8 Å². The molecule has 4 nitrogen and oxygen atoms in total. The molecular weight excluding hydrogens is 218 g/mol. The van der Waals surface area contributed by atoms with E-state index in [9.17, 15) is 0 Å². The maximum absolute atomic E-state index is 8.52. The molecule has 1 N–H and O–H groups in total. The van der Waals surface area contributed by atoms with Crippen molar-refractivity contribution in [2.75, 3.05) is 0 Å². The summed E-state index contributed by atoms with van der Waals surface area (Å²) in [5.74, 6) is 0. The summed E-state index contributed by atoms with van der Waals surface area (Å²) in [5.41, 5.74) is -0.500. The summed E-state index contributed by atoms with van der Waals surface area (Å²) in [6, 6.07) is 0. The van der Waals surface area contributed by atoms with E-state index in [4.69, 9.17) is 20.1 Å². The van der Waals surface area contributed by atoms with Crippen LogP contribution in [-0.4, -0.2) is 16.9 Å². The summed E-state index contributed by atoms with van der Waals surface area (Å²) in [5, 5.41) is 25.2. The third-order valence-corrected chi connectivity index (χ3v) is 0. The van der Waals surface area contributed by atoms with E-state index in [1.165, 1.54) is 0 Å². The molecule has 1 radical (unpaired) electrons. The second-order valence-electron chi connectivity index (χ2n) is 2.42. The first-order valence-electron chi connectivity index (χ1n) is 2.34. The van der Waals surface area contributed by atoms with Crippen molar-refractivity contribution in [2.24, 2.45) is 0 Å². The molecule has 0 aliphatic rings. The van der Waals surface area contributed by atoms with Crippen LogP contribution >= 0.6 is 0 Å². The van der Waals surface area contributed by atoms with Gasteiger partial charge in [0, 0.05) is 17.1 Å². The molecule has 0 aromatic carbocycles. The van der Waals surface area contributed by atoms with Gasteiger partial charge in [-0.1, -0.05) is 0 Å². The van der Waals surface area contributed by atoms with Crippen LogP contribution in [0, 0.1) is 0 Å². The van der Waals surface area contributed by atoms with Gasteiger partial charge < -0.3 is 20.1 Å². The van der Waals surface area contributed by atoms with Crippen LogP contribution in [0.2, 0.25) is 0 Å². The van der Waals surface area contributed by atoms with Gasteiger partial charge in [-0.3, -0.25) is 0 Å². The van der Waals surface area contributed by atoms with Crippen molar-refractivity contribution in [1.82, 2.24) is 0 Å². The zero-order chi connectivity index (χ0) is 8.08. The van der Waals surface area contributed by atoms with E-state index in [2.05, 4.69) is 0 Å². The Kier molecular flexibility index (Phi) is 23.6. The number of carboxylic acid groups (broad SMARTS) is 2. The van der Waals surface area contributed by atoms with Gasteiger partial charge in [0.15, 0.2) is 0 Å². The fourth-order valence-electron chi connectivity index (χ4n) is 0. The molecule has 0 aliphatic heterocycles. The topological polar surface area (TPSA) is 83.4 Å². The van der Waals surface area contributed by atoms with Crippen LogP contribution in [0.4, 0.5) is 4.79 Å². The molecule has 0 fully saturated rings. The smallest absolute Gasteiger partial charge is 0.652 e. The third-order valence-electron chi connectivity index (χ3n) is 0. The van der Waals surface area contributed by atoms with Crippen LogP contribution in [0.25, 0.3) is 0 Å². The normalized spacial score (nSPS) is 7.64. The Balaban J connectivity index is -0.0000000383. The van der Waals surface area contributed by atoms with Gasteiger partial charge in [-0.25, -0.2) is 0 Å². The number of hydrogen-bond acceptors (Lipinski definition) is 4. The van der Waals surface area contributed by atoms with E-state index < -0.39 is 11.8 Å². The zero-order valence-electron chi connectivity index (χ0n) is 7.05. The first-order chi connectivity index (χ1) is 3.73. The van der Waals surface area contributed by atoms with Gasteiger partial charge in [0.2, 0.25) is 0 Å². The summed E-state index contributed by atoms with van der Waals surface area (Å²) in [7, 11) is 0. The van der Waals surface area contributed by atoms with Gasteiger partial charge in [-0.2, -0.15) is 0 Å². The minimum atomic E-state index is -2.33. The number of hydrogen-bond donors (Lipinski definition) is 1. The van der Waals surface area contributed by atoms with Gasteiger partial charge in [-0.15, -0.1) is 0 Å². The van der Waals surface area contributed by atoms with Gasteiger partial charge in [-0.05, 0) is 26.9 Å². The van der Waals surface area contributed by atoms with Gasteiger partial charge >= 0.3 is 51.4 Å². The molecule has 0 amide bonds. The van der Waals surface area contributed by atoms with Crippen molar-refractivity contribution in [2.45, 2.75) is 26.4 Å². The Morgan fingerprint density at radius 2 is 1.27 bits per heavy atom. The fourth-order valence-corrected chi connectivity index (χ4v) is 0. The molecular formula is C5H10KMnO4-. The van der Waals surface area contributed by atoms with E-state index in [0.717, 1.165) is 0 Å². The van der Waals surface area contributed by atoms with Gasteiger partial charge in [0.05, 0.1) is 5.60 Å². The van der Waals surface area contributed by atoms with Crippen LogP contribution < -0.4 is 61.6 Å². The monoisotopic (exact) mass is 228 g/mol. The van der Waals surface area contributed by atoms with Crippen LogP contribution in [0.1, 0.15) is 20.8 Å². The van der Waals surface area contributed by atoms with E-state index in [-0.39, 0.29) is 68.5 Å². The predicted octanol–water partition coefficient (Wildman–Crippen LogP) is -4.67. The fraction of sp³-hybridized carbons (Fsp3) is 0.800. The average molecular weight is 228 g/mol. The molecule has 0 heterocycles. The van der Waals surface area contributed by atoms with E-state index in [0.29, 0.717) is 0 Å². The quantitative estimate of drug-likeness (QED) is 0.422. The molecule has 63 valence electrons. The molecule has 0 saturated carbocycles. The molecule has 0 rings (SSSR count). The summed E-state index contributed by atoms with van der Waals surface area (Å²) in [6.07, 6.45) is -2.33. The Morgan fingerprint density at radius 1 is 1.27 bits per heavy atom. The first kappa shape index (κ1) is 22.8. The molecule has 6 heteroatoms. The zero-order valence-corrected chi connectivity index (χ0v) is 11.4. The van der Waals surface area contributed by atoms with Crippen LogP contribution in [0.3, 0.4) is 0 Å². The molecule has 0 aromatic heterocycles. The predicted molar refractivity (Wildman–Crippen MR) is 27.4 cm³/mol. The van der Waals surface area contributed by atoms with E-state index >= 15 is 0 Å². The molecule has 0 unspecified atom stereocenters. The van der Waals surface area contributed by atoms with Crippen LogP contribution in [0.5, 0.6) is 0 Å². The molecule has 0 aliphatic carbocycles. The Morgan fingerprint density at radius 3 is 1.27 bits per heavy atom. The van der Waals surface area contributed by atoms with Crippen molar-refractivity contribution in [3.63, 3.8) is 0 Å². The second kappa shape index (κ2) is 11.4. The van der Waals surface area contributed by atoms with Crippen molar-refractivity contribution in [3.8, 4) is 0 Å². The van der Waals surface area contributed by atoms with Crippen LogP contribution in [-0.2, 0) is 17.1 Å². The van der Waals surface area contributed by atoms with Gasteiger partial charge in [0.25, 0.3) is 0 Å². The van der Waals surface area contributed by atoms with Gasteiger partial charge in [0.1, 0.15) is 0 Å². The summed E-state index contributed by atoms with van der Waals surface area (Å²) >= 11 is 0. The third kappa shape index (κ3) is 522. The summed E-state index contributed by atoms with van der Waals surface area (Å²) < 4.78 is 0. The minimum Gasteiger partial charge on any atom is -0.652 e. The van der Waals surface area contributed by atoms with Crippen molar-refractivity contribution in [3.05, 3.63) is 0 Å². The molecule has 0 aromatic rings. The Labute approximate surface area is 119 Å². The molecule has 0 bridgehead atoms. The number of rotatable bonds is 0. The maximum Gasteiger partial charge on any atom is 1.00 e. The molecule has 0 atom stereocenters. The summed E-state index contributed by atoms with van der Waals surface area (Å²) in [6.45, 7) is 5.23. The number of carbonyl (C=O) groups excluding carboxylic acids is 1. The van der Waals surface area contributed by atoms with Crippen molar-refractivity contribution in [1.29, 1.82) is 0 Å². The Hall–Kier alpha value is 1.39. The van der Waals surface area contributed by atoms with Crippen molar-refractivity contribution < 1.29 is 88.6 Å². The van der Waals surface area contributed by atoms with Crippen molar-refractivity contribution >= 4 is 6.16 Å². The second-order valence-corrected chi connectivity index (χ2v) is 2.42. The largest absolute Gasteiger partial charge is 1.00 e. The maximum atomic E-state index is 8.52. The molecule has 0 spiro atoms. The molecule has 0 saturated heterocycles. The number of aliphatic hydroxyl groups is 1. The van der Waals surface area contributed by atoms with Crippen LogP contribution in [0.15, 0.2) is 0 Å². The van der Waals surface area contributed by atoms with E-state index in [1.807, 2.05) is 0 Å². The average Bonchev–Trinajstić information content (AvgIpc) is 1.19. The Bertz CT molecular complexity index is 81.0.